The third-order valence-electron chi connectivity index (χ3n) is 4.22. The molecule has 5 heteroatoms. The highest BCUT2D eigenvalue weighted by Crippen LogP contribution is 2.12. The van der Waals surface area contributed by atoms with Gasteiger partial charge in [0.2, 0.25) is 5.91 Å². The number of carbonyl (C=O) groups excluding carboxylic acids is 2. The van der Waals surface area contributed by atoms with E-state index in [9.17, 15) is 9.59 Å². The molecule has 2 aromatic carbocycles. The van der Waals surface area contributed by atoms with Crippen molar-refractivity contribution in [2.75, 3.05) is 20.2 Å². The van der Waals surface area contributed by atoms with Gasteiger partial charge in [0.15, 0.2) is 6.61 Å². The molecule has 0 saturated carbocycles. The zero-order valence-corrected chi connectivity index (χ0v) is 15.4. The number of carbonyl (C=O) groups is 2. The highest BCUT2D eigenvalue weighted by molar-refractivity contribution is 5.88. The summed E-state index contributed by atoms with van der Waals surface area (Å²) in [6.07, 6.45) is 1.23. The number of hydrogen-bond acceptors (Lipinski definition) is 3. The van der Waals surface area contributed by atoms with Crippen LogP contribution in [0.25, 0.3) is 0 Å². The fraction of sp³-hybridized carbons (Fsp3) is 0.333. The Morgan fingerprint density at radius 3 is 2.23 bits per heavy atom. The molecule has 0 aliphatic heterocycles. The van der Waals surface area contributed by atoms with E-state index in [0.717, 1.165) is 5.56 Å². The van der Waals surface area contributed by atoms with Gasteiger partial charge in [0.05, 0.1) is 0 Å². The molecule has 0 radical (unpaired) electrons. The SMILES string of the molecule is CCC(C(=O)NC)N(CCc1ccccc1)C(=O)COc1ccccc1. The number of nitrogens with zero attached hydrogens (tertiary/aromatic N) is 1. The molecule has 5 nitrogen and oxygen atoms in total. The maximum Gasteiger partial charge on any atom is 0.261 e. The van der Waals surface area contributed by atoms with E-state index in [0.29, 0.717) is 25.1 Å². The van der Waals surface area contributed by atoms with Gasteiger partial charge in [0.1, 0.15) is 11.8 Å². The molecule has 2 aromatic rings. The van der Waals surface area contributed by atoms with Crippen LogP contribution in [0.3, 0.4) is 0 Å². The van der Waals surface area contributed by atoms with E-state index < -0.39 is 6.04 Å². The lowest BCUT2D eigenvalue weighted by Crippen LogP contribution is -2.50. The molecule has 138 valence electrons. The average Bonchev–Trinajstić information content (AvgIpc) is 2.70. The molecule has 1 atom stereocenters. The van der Waals surface area contributed by atoms with Crippen LogP contribution < -0.4 is 10.1 Å². The Kier molecular flexibility index (Phi) is 7.68. The predicted molar refractivity (Wildman–Crippen MR) is 102 cm³/mol. The van der Waals surface area contributed by atoms with Gasteiger partial charge >= 0.3 is 0 Å². The largest absolute Gasteiger partial charge is 0.484 e. The topological polar surface area (TPSA) is 58.6 Å². The predicted octanol–water partition coefficient (Wildman–Crippen LogP) is 2.66. The molecule has 2 rings (SSSR count). The lowest BCUT2D eigenvalue weighted by Gasteiger charge is -2.30. The number of ether oxygens (including phenoxy) is 1. The zero-order valence-electron chi connectivity index (χ0n) is 15.4. The normalized spacial score (nSPS) is 11.5. The lowest BCUT2D eigenvalue weighted by atomic mass is 10.1. The Hall–Kier alpha value is -2.82. The van der Waals surface area contributed by atoms with Crippen LogP contribution >= 0.6 is 0 Å². The van der Waals surface area contributed by atoms with Crippen molar-refractivity contribution in [2.45, 2.75) is 25.8 Å². The highest BCUT2D eigenvalue weighted by Gasteiger charge is 2.27. The molecule has 0 fully saturated rings. The first-order chi connectivity index (χ1) is 12.7. The van der Waals surface area contributed by atoms with Crippen LogP contribution in [0.15, 0.2) is 60.7 Å². The summed E-state index contributed by atoms with van der Waals surface area (Å²) >= 11 is 0. The number of benzene rings is 2. The molecule has 0 saturated heterocycles. The van der Waals surface area contributed by atoms with E-state index in [-0.39, 0.29) is 18.4 Å². The molecule has 0 heterocycles. The van der Waals surface area contributed by atoms with Crippen LogP contribution in [0, 0.1) is 0 Å². The number of para-hydroxylation sites is 1. The minimum Gasteiger partial charge on any atom is -0.484 e. The van der Waals surface area contributed by atoms with Crippen molar-refractivity contribution in [2.24, 2.45) is 0 Å². The van der Waals surface area contributed by atoms with Gasteiger partial charge in [-0.05, 0) is 30.5 Å². The summed E-state index contributed by atoms with van der Waals surface area (Å²) < 4.78 is 5.59. The Morgan fingerprint density at radius 2 is 1.65 bits per heavy atom. The van der Waals surface area contributed by atoms with Crippen molar-refractivity contribution in [1.29, 1.82) is 0 Å². The Bertz CT molecular complexity index is 689. The molecule has 26 heavy (non-hydrogen) atoms. The molecule has 1 N–H and O–H groups in total. The summed E-state index contributed by atoms with van der Waals surface area (Å²) in [7, 11) is 1.59. The fourth-order valence-electron chi connectivity index (χ4n) is 2.81. The van der Waals surface area contributed by atoms with Crippen LogP contribution in [-0.2, 0) is 16.0 Å². The van der Waals surface area contributed by atoms with E-state index in [1.54, 1.807) is 24.1 Å². The molecule has 1 unspecified atom stereocenters. The Balaban J connectivity index is 2.07. The highest BCUT2D eigenvalue weighted by atomic mass is 16.5. The van der Waals surface area contributed by atoms with Gasteiger partial charge in [-0.25, -0.2) is 0 Å². The van der Waals surface area contributed by atoms with E-state index in [4.69, 9.17) is 4.74 Å². The minimum absolute atomic E-state index is 0.0910. The van der Waals surface area contributed by atoms with Crippen molar-refractivity contribution in [1.82, 2.24) is 10.2 Å². The second kappa shape index (κ2) is 10.2. The van der Waals surface area contributed by atoms with Gasteiger partial charge in [0.25, 0.3) is 5.91 Å². The third-order valence-corrected chi connectivity index (χ3v) is 4.22. The number of nitrogens with one attached hydrogen (secondary N) is 1. The van der Waals surface area contributed by atoms with Crippen LogP contribution in [0.1, 0.15) is 18.9 Å². The lowest BCUT2D eigenvalue weighted by molar-refractivity contribution is -0.142. The quantitative estimate of drug-likeness (QED) is 0.753. The van der Waals surface area contributed by atoms with Crippen LogP contribution in [0.2, 0.25) is 0 Å². The molecule has 0 aromatic heterocycles. The van der Waals surface area contributed by atoms with Gasteiger partial charge < -0.3 is 15.0 Å². The third kappa shape index (κ3) is 5.62. The number of amides is 2. The summed E-state index contributed by atoms with van der Waals surface area (Å²) in [5.74, 6) is 0.283. The van der Waals surface area contributed by atoms with E-state index in [1.165, 1.54) is 0 Å². The van der Waals surface area contributed by atoms with Crippen molar-refractivity contribution in [3.63, 3.8) is 0 Å². The van der Waals surface area contributed by atoms with Gasteiger partial charge in [-0.2, -0.15) is 0 Å². The molecule has 0 bridgehead atoms. The molecular weight excluding hydrogens is 328 g/mol. The maximum atomic E-state index is 12.8. The standard InChI is InChI=1S/C21H26N2O3/c1-3-19(21(25)22-2)23(15-14-17-10-6-4-7-11-17)20(24)16-26-18-12-8-5-9-13-18/h4-13,19H,3,14-16H2,1-2H3,(H,22,25). The second-order valence-electron chi connectivity index (χ2n) is 5.96. The summed E-state index contributed by atoms with van der Waals surface area (Å²) in [4.78, 5) is 26.6. The maximum absolute atomic E-state index is 12.8. The van der Waals surface area contributed by atoms with Gasteiger partial charge in [-0.1, -0.05) is 55.5 Å². The van der Waals surface area contributed by atoms with E-state index in [2.05, 4.69) is 5.32 Å². The van der Waals surface area contributed by atoms with Gasteiger partial charge in [-0.15, -0.1) is 0 Å². The summed E-state index contributed by atoms with van der Waals surface area (Å²) in [6.45, 7) is 2.28. The summed E-state index contributed by atoms with van der Waals surface area (Å²) in [5.41, 5.74) is 1.13. The van der Waals surface area contributed by atoms with Crippen molar-refractivity contribution >= 4 is 11.8 Å². The molecule has 2 amide bonds. The van der Waals surface area contributed by atoms with Gasteiger partial charge in [-0.3, -0.25) is 9.59 Å². The Morgan fingerprint density at radius 1 is 1.04 bits per heavy atom. The smallest absolute Gasteiger partial charge is 0.261 e. The van der Waals surface area contributed by atoms with Crippen LogP contribution in [0.5, 0.6) is 5.75 Å². The molecule has 0 aliphatic rings. The monoisotopic (exact) mass is 354 g/mol. The van der Waals surface area contributed by atoms with Crippen molar-refractivity contribution in [3.05, 3.63) is 66.2 Å². The average molecular weight is 354 g/mol. The fourth-order valence-corrected chi connectivity index (χ4v) is 2.81. The number of rotatable bonds is 9. The molecule has 0 spiro atoms. The van der Waals surface area contributed by atoms with Crippen LogP contribution in [0.4, 0.5) is 0 Å². The Labute approximate surface area is 155 Å². The summed E-state index contributed by atoms with van der Waals surface area (Å²) in [6, 6.07) is 18.6. The second-order valence-corrected chi connectivity index (χ2v) is 5.96. The van der Waals surface area contributed by atoms with Crippen LogP contribution in [-0.4, -0.2) is 43.0 Å². The van der Waals surface area contributed by atoms with Gasteiger partial charge in [0, 0.05) is 13.6 Å². The minimum atomic E-state index is -0.504. The molecular formula is C21H26N2O3. The van der Waals surface area contributed by atoms with E-state index >= 15 is 0 Å². The first-order valence-corrected chi connectivity index (χ1v) is 8.88. The summed E-state index contributed by atoms with van der Waals surface area (Å²) in [5, 5.41) is 2.65. The van der Waals surface area contributed by atoms with Crippen molar-refractivity contribution in [3.8, 4) is 5.75 Å². The first kappa shape index (κ1) is 19.5. The first-order valence-electron chi connectivity index (χ1n) is 8.88. The number of hydrogen-bond donors (Lipinski definition) is 1. The number of likely N-dealkylation sites (N-methyl/N-ethyl adjacent to an activating group) is 1. The van der Waals surface area contributed by atoms with E-state index in [1.807, 2.05) is 55.5 Å². The zero-order chi connectivity index (χ0) is 18.8. The molecule has 0 aliphatic carbocycles. The van der Waals surface area contributed by atoms with Crippen molar-refractivity contribution < 1.29 is 14.3 Å².